The highest BCUT2D eigenvalue weighted by Crippen LogP contribution is 2.34. The number of carbonyl (C=O) groups is 2. The number of rotatable bonds is 3. The number of fused-ring (bicyclic) bond motifs is 2. The summed E-state index contributed by atoms with van der Waals surface area (Å²) in [7, 11) is 0. The molecule has 0 spiro atoms. The fourth-order valence-electron chi connectivity index (χ4n) is 3.49. The lowest BCUT2D eigenvalue weighted by atomic mass is 9.78. The number of hydrogen-bond acceptors (Lipinski definition) is 7. The second-order valence-electron chi connectivity index (χ2n) is 6.80. The first-order valence-electron chi connectivity index (χ1n) is 8.92. The smallest absolute Gasteiger partial charge is 0.268 e. The maximum Gasteiger partial charge on any atom is 0.268 e. The highest BCUT2D eigenvalue weighted by atomic mass is 32.1. The molecule has 1 aliphatic heterocycles. The van der Waals surface area contributed by atoms with Crippen molar-refractivity contribution in [3.05, 3.63) is 47.7 Å². The van der Waals surface area contributed by atoms with Crippen LogP contribution in [0.25, 0.3) is 10.2 Å². The van der Waals surface area contributed by atoms with Crippen LogP contribution in [0.5, 0.6) is 0 Å². The summed E-state index contributed by atoms with van der Waals surface area (Å²) in [6.07, 6.45) is 3.29. The number of ether oxygens (including phenoxy) is 1. The summed E-state index contributed by atoms with van der Waals surface area (Å²) in [6, 6.07) is 9.29. The van der Waals surface area contributed by atoms with Crippen LogP contribution >= 0.6 is 11.3 Å². The highest BCUT2D eigenvalue weighted by Gasteiger charge is 2.39. The van der Waals surface area contributed by atoms with Gasteiger partial charge in [-0.15, -0.1) is 0 Å². The number of thiazole rings is 1. The average molecular weight is 395 g/mol. The molecular formula is C20H17N3O4S. The Morgan fingerprint density at radius 3 is 3.00 bits per heavy atom. The Morgan fingerprint density at radius 1 is 1.39 bits per heavy atom. The van der Waals surface area contributed by atoms with Crippen LogP contribution in [0.15, 0.2) is 47.7 Å². The van der Waals surface area contributed by atoms with Crippen LogP contribution in [-0.4, -0.2) is 34.0 Å². The van der Waals surface area contributed by atoms with Gasteiger partial charge in [-0.2, -0.15) is 5.26 Å². The van der Waals surface area contributed by atoms with Gasteiger partial charge >= 0.3 is 0 Å². The van der Waals surface area contributed by atoms with Crippen molar-refractivity contribution in [1.82, 2.24) is 4.98 Å². The van der Waals surface area contributed by atoms with E-state index in [-0.39, 0.29) is 23.0 Å². The molecule has 7 nitrogen and oxygen atoms in total. The van der Waals surface area contributed by atoms with Gasteiger partial charge in [0, 0.05) is 0 Å². The SMILES string of the molecule is N#C/C(=C\C1=COC2CCC(O)CC2C1=O)C(=O)Nc1nc2ccccc2s1. The molecule has 2 heterocycles. The first kappa shape index (κ1) is 18.3. The van der Waals surface area contributed by atoms with Crippen molar-refractivity contribution in [3.8, 4) is 6.07 Å². The van der Waals surface area contributed by atoms with Crippen molar-refractivity contribution in [2.24, 2.45) is 5.92 Å². The topological polar surface area (TPSA) is 112 Å². The summed E-state index contributed by atoms with van der Waals surface area (Å²) < 4.78 is 6.52. The predicted molar refractivity (Wildman–Crippen MR) is 103 cm³/mol. The third-order valence-electron chi connectivity index (χ3n) is 4.93. The van der Waals surface area contributed by atoms with Crippen LogP contribution in [0.3, 0.4) is 0 Å². The largest absolute Gasteiger partial charge is 0.497 e. The minimum absolute atomic E-state index is 0.159. The van der Waals surface area contributed by atoms with E-state index in [1.54, 1.807) is 0 Å². The standard InChI is InChI=1S/C20H17N3O4S/c21-9-11(19(26)23-20-22-15-3-1-2-4-17(15)28-20)7-12-10-27-16-6-5-13(24)8-14(16)18(12)25/h1-4,7,10,13-14,16,24H,5-6,8H2,(H,22,23,26)/b11-7+. The second kappa shape index (κ2) is 7.54. The summed E-state index contributed by atoms with van der Waals surface area (Å²) in [5.41, 5.74) is 0.703. The fourth-order valence-corrected chi connectivity index (χ4v) is 4.35. The van der Waals surface area contributed by atoms with Crippen molar-refractivity contribution in [2.45, 2.75) is 31.5 Å². The molecule has 3 atom stereocenters. The zero-order valence-electron chi connectivity index (χ0n) is 14.8. The molecule has 2 N–H and O–H groups in total. The number of nitriles is 1. The minimum atomic E-state index is -0.638. The van der Waals surface area contributed by atoms with E-state index in [4.69, 9.17) is 4.74 Å². The van der Waals surface area contributed by atoms with Crippen LogP contribution in [0.4, 0.5) is 5.13 Å². The van der Waals surface area contributed by atoms with Crippen LogP contribution in [0.2, 0.25) is 0 Å². The van der Waals surface area contributed by atoms with Gasteiger partial charge < -0.3 is 9.84 Å². The minimum Gasteiger partial charge on any atom is -0.497 e. The van der Waals surface area contributed by atoms with Gasteiger partial charge in [0.25, 0.3) is 5.91 Å². The molecule has 0 bridgehead atoms. The third-order valence-corrected chi connectivity index (χ3v) is 5.88. The van der Waals surface area contributed by atoms with E-state index in [9.17, 15) is 20.0 Å². The van der Waals surface area contributed by atoms with E-state index in [2.05, 4.69) is 10.3 Å². The molecule has 1 amide bonds. The maximum atomic E-state index is 12.7. The molecule has 2 aliphatic rings. The zero-order valence-corrected chi connectivity index (χ0v) is 15.6. The number of hydrogen-bond donors (Lipinski definition) is 2. The number of aliphatic hydroxyl groups excluding tert-OH is 1. The van der Waals surface area contributed by atoms with Gasteiger partial charge in [0.2, 0.25) is 0 Å². The number of benzene rings is 1. The normalized spacial score (nSPS) is 24.7. The third kappa shape index (κ3) is 3.54. The molecule has 0 saturated heterocycles. The zero-order chi connectivity index (χ0) is 19.7. The number of ketones is 1. The van der Waals surface area contributed by atoms with Crippen molar-refractivity contribution in [2.75, 3.05) is 5.32 Å². The fraction of sp³-hybridized carbons (Fsp3) is 0.300. The van der Waals surface area contributed by atoms with E-state index in [0.29, 0.717) is 24.4 Å². The van der Waals surface area contributed by atoms with Crippen LogP contribution in [0.1, 0.15) is 19.3 Å². The molecule has 28 heavy (non-hydrogen) atoms. The predicted octanol–water partition coefficient (Wildman–Crippen LogP) is 2.70. The average Bonchev–Trinajstić information content (AvgIpc) is 3.10. The number of para-hydroxylation sites is 1. The van der Waals surface area contributed by atoms with Crippen LogP contribution in [0, 0.1) is 17.2 Å². The molecule has 1 aromatic carbocycles. The number of amides is 1. The van der Waals surface area contributed by atoms with Gasteiger partial charge in [0.1, 0.15) is 17.7 Å². The van der Waals surface area contributed by atoms with Crippen molar-refractivity contribution >= 4 is 38.4 Å². The Kier molecular flexibility index (Phi) is 4.94. The number of aromatic nitrogens is 1. The van der Waals surface area contributed by atoms with Crippen LogP contribution in [-0.2, 0) is 14.3 Å². The first-order valence-corrected chi connectivity index (χ1v) is 9.73. The summed E-state index contributed by atoms with van der Waals surface area (Å²) in [6.45, 7) is 0. The lowest BCUT2D eigenvalue weighted by Gasteiger charge is -2.35. The number of nitrogens with one attached hydrogen (secondary N) is 1. The lowest BCUT2D eigenvalue weighted by molar-refractivity contribution is -0.129. The highest BCUT2D eigenvalue weighted by molar-refractivity contribution is 7.22. The Hall–Kier alpha value is -3.02. The van der Waals surface area contributed by atoms with Crippen LogP contribution < -0.4 is 5.32 Å². The molecule has 2 aromatic rings. The number of carbonyl (C=O) groups excluding carboxylic acids is 2. The molecule has 1 saturated carbocycles. The molecule has 1 fully saturated rings. The molecule has 1 aliphatic carbocycles. The first-order chi connectivity index (χ1) is 13.5. The summed E-state index contributed by atoms with van der Waals surface area (Å²) >= 11 is 1.30. The quantitative estimate of drug-likeness (QED) is 0.610. The molecule has 0 radical (unpaired) electrons. The monoisotopic (exact) mass is 395 g/mol. The van der Waals surface area contributed by atoms with E-state index in [1.807, 2.05) is 30.3 Å². The van der Waals surface area contributed by atoms with Gasteiger partial charge in [-0.05, 0) is 37.5 Å². The summed E-state index contributed by atoms with van der Waals surface area (Å²) in [5, 5.41) is 22.2. The molecule has 4 rings (SSSR count). The number of anilines is 1. The Bertz CT molecular complexity index is 1020. The van der Waals surface area contributed by atoms with Crippen molar-refractivity contribution in [3.63, 3.8) is 0 Å². The van der Waals surface area contributed by atoms with Crippen molar-refractivity contribution < 1.29 is 19.4 Å². The number of allylic oxidation sites excluding steroid dienone is 2. The van der Waals surface area contributed by atoms with E-state index in [0.717, 1.165) is 10.2 Å². The number of Topliss-reactive ketones (excluding diaryl/α,β-unsaturated/α-hetero) is 1. The second-order valence-corrected chi connectivity index (χ2v) is 7.83. The summed E-state index contributed by atoms with van der Waals surface area (Å²) in [5.74, 6) is -1.30. The summed E-state index contributed by atoms with van der Waals surface area (Å²) in [4.78, 5) is 29.5. The molecular weight excluding hydrogens is 378 g/mol. The molecule has 8 heteroatoms. The van der Waals surface area contributed by atoms with Gasteiger partial charge in [-0.25, -0.2) is 4.98 Å². The Balaban J connectivity index is 1.53. The van der Waals surface area contributed by atoms with Crippen molar-refractivity contribution in [1.29, 1.82) is 5.26 Å². The lowest BCUT2D eigenvalue weighted by Crippen LogP contribution is -2.40. The van der Waals surface area contributed by atoms with E-state index >= 15 is 0 Å². The van der Waals surface area contributed by atoms with E-state index < -0.39 is 17.9 Å². The van der Waals surface area contributed by atoms with Gasteiger partial charge in [0.05, 0.1) is 34.1 Å². The Morgan fingerprint density at radius 2 is 2.21 bits per heavy atom. The molecule has 3 unspecified atom stereocenters. The molecule has 142 valence electrons. The Labute approximate surface area is 164 Å². The van der Waals surface area contributed by atoms with Gasteiger partial charge in [0.15, 0.2) is 10.9 Å². The molecule has 1 aromatic heterocycles. The van der Waals surface area contributed by atoms with Gasteiger partial charge in [-0.3, -0.25) is 14.9 Å². The number of aliphatic hydroxyl groups is 1. The van der Waals surface area contributed by atoms with Gasteiger partial charge in [-0.1, -0.05) is 23.5 Å². The van der Waals surface area contributed by atoms with E-state index in [1.165, 1.54) is 23.7 Å². The maximum absolute atomic E-state index is 12.7. The number of nitrogens with zero attached hydrogens (tertiary/aromatic N) is 2.